The van der Waals surface area contributed by atoms with Crippen LogP contribution in [0.5, 0.6) is 0 Å². The van der Waals surface area contributed by atoms with Crippen LogP contribution in [0.15, 0.2) is 23.2 Å². The van der Waals surface area contributed by atoms with Gasteiger partial charge in [0, 0.05) is 50.6 Å². The number of hydrogen-bond acceptors (Lipinski definition) is 4. The van der Waals surface area contributed by atoms with E-state index in [1.165, 1.54) is 23.1 Å². The molecular weight excluding hydrogens is 531 g/mol. The molecule has 3 rings (SSSR count). The number of benzene rings is 1. The summed E-state index contributed by atoms with van der Waals surface area (Å²) in [5.74, 6) is -0.692. The highest BCUT2D eigenvalue weighted by molar-refractivity contribution is 14.0. The number of amides is 2. The molecule has 0 radical (unpaired) electrons. The van der Waals surface area contributed by atoms with Crippen LogP contribution in [0.4, 0.5) is 8.78 Å². The van der Waals surface area contributed by atoms with E-state index in [1.807, 2.05) is 11.8 Å². The zero-order valence-electron chi connectivity index (χ0n) is 18.4. The Morgan fingerprint density at radius 3 is 2.50 bits per heavy atom. The van der Waals surface area contributed by atoms with Crippen LogP contribution in [-0.2, 0) is 16.1 Å². The summed E-state index contributed by atoms with van der Waals surface area (Å²) in [4.78, 5) is 31.7. The van der Waals surface area contributed by atoms with Crippen LogP contribution in [0, 0.1) is 11.6 Å². The van der Waals surface area contributed by atoms with Gasteiger partial charge in [-0.2, -0.15) is 0 Å². The second-order valence-corrected chi connectivity index (χ2v) is 7.97. The Labute approximate surface area is 205 Å². The third-order valence-corrected chi connectivity index (χ3v) is 5.61. The van der Waals surface area contributed by atoms with E-state index in [0.717, 1.165) is 19.4 Å². The molecule has 1 unspecified atom stereocenters. The number of imide groups is 1. The van der Waals surface area contributed by atoms with Gasteiger partial charge in [-0.25, -0.2) is 8.78 Å². The van der Waals surface area contributed by atoms with Gasteiger partial charge in [0.2, 0.25) is 11.8 Å². The molecule has 2 N–H and O–H groups in total. The molecule has 0 aromatic heterocycles. The molecule has 2 aliphatic heterocycles. The number of nitrogens with zero attached hydrogens (tertiary/aromatic N) is 3. The summed E-state index contributed by atoms with van der Waals surface area (Å²) in [5.41, 5.74) is 0.0968. The molecule has 0 spiro atoms. The van der Waals surface area contributed by atoms with Crippen LogP contribution >= 0.6 is 24.0 Å². The maximum Gasteiger partial charge on any atom is 0.229 e. The summed E-state index contributed by atoms with van der Waals surface area (Å²) in [7, 11) is 0. The lowest BCUT2D eigenvalue weighted by Gasteiger charge is -2.34. The Bertz CT molecular complexity index is 787. The Morgan fingerprint density at radius 1 is 1.16 bits per heavy atom. The lowest BCUT2D eigenvalue weighted by molar-refractivity contribution is -0.147. The minimum Gasteiger partial charge on any atom is -0.357 e. The molecule has 1 aromatic rings. The van der Waals surface area contributed by atoms with Crippen molar-refractivity contribution in [1.29, 1.82) is 0 Å². The molecule has 2 saturated heterocycles. The van der Waals surface area contributed by atoms with Crippen LogP contribution in [0.3, 0.4) is 0 Å². The van der Waals surface area contributed by atoms with Crippen molar-refractivity contribution in [2.24, 2.45) is 4.99 Å². The number of piperidine rings is 2. The summed E-state index contributed by atoms with van der Waals surface area (Å²) < 4.78 is 28.0. The molecule has 32 heavy (non-hydrogen) atoms. The van der Waals surface area contributed by atoms with Gasteiger partial charge in [0.1, 0.15) is 11.6 Å². The monoisotopic (exact) mass is 563 g/mol. The Balaban J connectivity index is 0.00000363. The fourth-order valence-electron chi connectivity index (χ4n) is 4.05. The van der Waals surface area contributed by atoms with Crippen molar-refractivity contribution >= 4 is 41.8 Å². The predicted molar refractivity (Wildman–Crippen MR) is 130 cm³/mol. The molecule has 0 aliphatic carbocycles. The van der Waals surface area contributed by atoms with E-state index >= 15 is 0 Å². The van der Waals surface area contributed by atoms with Crippen molar-refractivity contribution in [2.75, 3.05) is 32.7 Å². The molecule has 2 heterocycles. The highest BCUT2D eigenvalue weighted by Gasteiger charge is 2.25. The Hall–Kier alpha value is -1.82. The normalized spacial score (nSPS) is 20.2. The van der Waals surface area contributed by atoms with Gasteiger partial charge in [0.15, 0.2) is 5.96 Å². The highest BCUT2D eigenvalue weighted by Crippen LogP contribution is 2.18. The molecule has 10 heteroatoms. The third-order valence-electron chi connectivity index (χ3n) is 5.61. The van der Waals surface area contributed by atoms with E-state index in [2.05, 4.69) is 15.6 Å². The SMILES string of the molecule is CCNC(=NCCN1C(=O)CCCC1=O)NC1CCCN(Cc2c(F)cccc2F)C1.I. The summed E-state index contributed by atoms with van der Waals surface area (Å²) in [5, 5.41) is 6.57. The van der Waals surface area contributed by atoms with E-state index in [9.17, 15) is 18.4 Å². The Kier molecular flexibility index (Phi) is 10.8. The lowest BCUT2D eigenvalue weighted by Crippen LogP contribution is -2.51. The minimum absolute atomic E-state index is 0. The number of halogens is 3. The zero-order valence-corrected chi connectivity index (χ0v) is 20.7. The van der Waals surface area contributed by atoms with Crippen molar-refractivity contribution in [3.8, 4) is 0 Å². The van der Waals surface area contributed by atoms with Gasteiger partial charge >= 0.3 is 0 Å². The number of rotatable bonds is 7. The second-order valence-electron chi connectivity index (χ2n) is 7.97. The highest BCUT2D eigenvalue weighted by atomic mass is 127. The van der Waals surface area contributed by atoms with Crippen molar-refractivity contribution in [2.45, 2.75) is 51.6 Å². The van der Waals surface area contributed by atoms with E-state index in [0.29, 0.717) is 44.9 Å². The van der Waals surface area contributed by atoms with Crippen molar-refractivity contribution in [3.63, 3.8) is 0 Å². The first-order chi connectivity index (χ1) is 15.0. The third kappa shape index (κ3) is 7.36. The fourth-order valence-corrected chi connectivity index (χ4v) is 4.05. The van der Waals surface area contributed by atoms with Gasteiger partial charge in [0.25, 0.3) is 0 Å². The first kappa shape index (κ1) is 26.4. The van der Waals surface area contributed by atoms with Gasteiger partial charge < -0.3 is 10.6 Å². The average Bonchev–Trinajstić information content (AvgIpc) is 2.73. The largest absolute Gasteiger partial charge is 0.357 e. The zero-order chi connectivity index (χ0) is 22.2. The van der Waals surface area contributed by atoms with E-state index in [4.69, 9.17) is 0 Å². The lowest BCUT2D eigenvalue weighted by atomic mass is 10.0. The molecule has 178 valence electrons. The second kappa shape index (κ2) is 13.0. The summed E-state index contributed by atoms with van der Waals surface area (Å²) in [6.45, 7) is 4.87. The fraction of sp³-hybridized carbons (Fsp3) is 0.591. The van der Waals surface area contributed by atoms with Gasteiger partial charge in [-0.1, -0.05) is 6.07 Å². The molecule has 1 aromatic carbocycles. The molecule has 0 saturated carbocycles. The molecule has 2 fully saturated rings. The quantitative estimate of drug-likeness (QED) is 0.231. The van der Waals surface area contributed by atoms with E-state index in [-0.39, 0.29) is 60.5 Å². The molecule has 1 atom stereocenters. The summed E-state index contributed by atoms with van der Waals surface area (Å²) >= 11 is 0. The van der Waals surface area contributed by atoms with Crippen molar-refractivity contribution < 1.29 is 18.4 Å². The topological polar surface area (TPSA) is 77.0 Å². The van der Waals surface area contributed by atoms with E-state index in [1.54, 1.807) is 0 Å². The number of nitrogens with one attached hydrogen (secondary N) is 2. The van der Waals surface area contributed by atoms with Gasteiger partial charge in [-0.3, -0.25) is 24.4 Å². The first-order valence-electron chi connectivity index (χ1n) is 11.0. The van der Waals surface area contributed by atoms with Crippen molar-refractivity contribution in [3.05, 3.63) is 35.4 Å². The molecule has 2 aliphatic rings. The number of carbonyl (C=O) groups is 2. The smallest absolute Gasteiger partial charge is 0.229 e. The number of aliphatic imine (C=N–C) groups is 1. The van der Waals surface area contributed by atoms with Crippen LogP contribution in [0.25, 0.3) is 0 Å². The Morgan fingerprint density at radius 2 is 1.84 bits per heavy atom. The number of hydrogen-bond donors (Lipinski definition) is 2. The average molecular weight is 563 g/mol. The van der Waals surface area contributed by atoms with Gasteiger partial charge in [0.05, 0.1) is 6.54 Å². The number of guanidine groups is 1. The van der Waals surface area contributed by atoms with Gasteiger partial charge in [-0.05, 0) is 44.9 Å². The maximum atomic E-state index is 14.0. The first-order valence-corrected chi connectivity index (χ1v) is 11.0. The number of likely N-dealkylation sites (tertiary alicyclic amines) is 2. The molecule has 2 amide bonds. The van der Waals surface area contributed by atoms with Crippen molar-refractivity contribution in [1.82, 2.24) is 20.4 Å². The minimum atomic E-state index is -0.521. The van der Waals surface area contributed by atoms with E-state index < -0.39 is 11.6 Å². The predicted octanol–water partition coefficient (Wildman–Crippen LogP) is 2.64. The maximum absolute atomic E-state index is 14.0. The van der Waals surface area contributed by atoms with Crippen LogP contribution in [0.1, 0.15) is 44.6 Å². The summed E-state index contributed by atoms with van der Waals surface area (Å²) in [6, 6.07) is 4.02. The standard InChI is InChI=1S/C22H31F2N5O2.HI/c1-2-25-22(26-11-13-29-20(30)9-4-10-21(29)31)27-16-6-5-12-28(14-16)15-17-18(23)7-3-8-19(17)24;/h3,7-8,16H,2,4-6,9-15H2,1H3,(H2,25,26,27);1H. The van der Waals surface area contributed by atoms with Gasteiger partial charge in [-0.15, -0.1) is 24.0 Å². The van der Waals surface area contributed by atoms with Crippen LogP contribution in [-0.4, -0.2) is 66.3 Å². The molecule has 0 bridgehead atoms. The molecular formula is C22H32F2IN5O2. The van der Waals surface area contributed by atoms with Crippen LogP contribution in [0.2, 0.25) is 0 Å². The molecule has 7 nitrogen and oxygen atoms in total. The summed E-state index contributed by atoms with van der Waals surface area (Å²) in [6.07, 6.45) is 3.27. The van der Waals surface area contributed by atoms with Crippen LogP contribution < -0.4 is 10.6 Å². The number of carbonyl (C=O) groups excluding carboxylic acids is 2.